The molecule has 1 atom stereocenters. The van der Waals surface area contributed by atoms with Crippen LogP contribution >= 0.6 is 12.2 Å². The van der Waals surface area contributed by atoms with Gasteiger partial charge in [0.05, 0.1) is 6.04 Å². The Labute approximate surface area is 73.2 Å². The first-order valence-electron chi connectivity index (χ1n) is 3.61. The van der Waals surface area contributed by atoms with Crippen LogP contribution < -0.4 is 0 Å². The Hall–Kier alpha value is -0.750. The third-order valence-corrected chi connectivity index (χ3v) is 2.63. The molecule has 0 spiro atoms. The Bertz CT molecular complexity index is 207. The van der Waals surface area contributed by atoms with E-state index in [2.05, 4.69) is 5.92 Å². The highest BCUT2D eigenvalue weighted by Crippen LogP contribution is 2.11. The maximum atomic E-state index is 5.33. The minimum Gasteiger partial charge on any atom is -0.352 e. The molecule has 1 aliphatic rings. The van der Waals surface area contributed by atoms with E-state index in [1.165, 1.54) is 0 Å². The SMILES string of the molecule is C#CC1CCN(C)C(=S)N1C. The quantitative estimate of drug-likeness (QED) is 0.385. The molecule has 1 heterocycles. The topological polar surface area (TPSA) is 6.48 Å². The molecular formula is C8H12N2S. The highest BCUT2D eigenvalue weighted by molar-refractivity contribution is 7.80. The maximum absolute atomic E-state index is 5.33. The van der Waals surface area contributed by atoms with E-state index in [0.29, 0.717) is 0 Å². The standard InChI is InChI=1S/C8H12N2S/c1-4-7-5-6-9(2)8(11)10(7)3/h1,7H,5-6H2,2-3H3. The molecule has 0 aromatic carbocycles. The predicted octanol–water partition coefficient (Wildman–Crippen LogP) is 0.540. The molecule has 1 unspecified atom stereocenters. The van der Waals surface area contributed by atoms with Crippen LogP contribution in [-0.2, 0) is 0 Å². The summed E-state index contributed by atoms with van der Waals surface area (Å²) in [4.78, 5) is 4.02. The molecule has 1 aliphatic heterocycles. The molecule has 0 N–H and O–H groups in total. The first-order chi connectivity index (χ1) is 5.16. The lowest BCUT2D eigenvalue weighted by Crippen LogP contribution is -2.50. The summed E-state index contributed by atoms with van der Waals surface area (Å²) in [5.41, 5.74) is 0. The van der Waals surface area contributed by atoms with Gasteiger partial charge in [0.25, 0.3) is 0 Å². The molecule has 0 aliphatic carbocycles. The van der Waals surface area contributed by atoms with Crippen LogP contribution in [0.4, 0.5) is 0 Å². The molecule has 0 saturated carbocycles. The second-order valence-corrected chi connectivity index (χ2v) is 3.15. The van der Waals surface area contributed by atoms with Crippen molar-refractivity contribution in [3.8, 4) is 12.3 Å². The van der Waals surface area contributed by atoms with Gasteiger partial charge in [-0.3, -0.25) is 0 Å². The molecular weight excluding hydrogens is 156 g/mol. The normalized spacial score (nSPS) is 25.2. The lowest BCUT2D eigenvalue weighted by atomic mass is 10.1. The predicted molar refractivity (Wildman–Crippen MR) is 50.2 cm³/mol. The van der Waals surface area contributed by atoms with Crippen molar-refractivity contribution in [1.82, 2.24) is 9.80 Å². The Balaban J connectivity index is 2.68. The minimum absolute atomic E-state index is 0.193. The summed E-state index contributed by atoms with van der Waals surface area (Å²) in [6.07, 6.45) is 6.34. The fourth-order valence-electron chi connectivity index (χ4n) is 1.20. The van der Waals surface area contributed by atoms with Gasteiger partial charge in [0, 0.05) is 20.6 Å². The van der Waals surface area contributed by atoms with Crippen LogP contribution in [0.2, 0.25) is 0 Å². The van der Waals surface area contributed by atoms with Crippen LogP contribution in [0.15, 0.2) is 0 Å². The van der Waals surface area contributed by atoms with Crippen molar-refractivity contribution < 1.29 is 0 Å². The van der Waals surface area contributed by atoms with Gasteiger partial charge in [-0.25, -0.2) is 0 Å². The van der Waals surface area contributed by atoms with Crippen molar-refractivity contribution in [3.63, 3.8) is 0 Å². The summed E-state index contributed by atoms with van der Waals surface area (Å²) < 4.78 is 0. The third-order valence-electron chi connectivity index (χ3n) is 2.03. The summed E-state index contributed by atoms with van der Waals surface area (Å²) in [5, 5.41) is 0.846. The van der Waals surface area contributed by atoms with Crippen LogP contribution in [0.3, 0.4) is 0 Å². The largest absolute Gasteiger partial charge is 0.352 e. The summed E-state index contributed by atoms with van der Waals surface area (Å²) in [5.74, 6) is 2.72. The highest BCUT2D eigenvalue weighted by Gasteiger charge is 2.23. The summed E-state index contributed by atoms with van der Waals surface area (Å²) in [6, 6.07) is 0.193. The van der Waals surface area contributed by atoms with Crippen molar-refractivity contribution in [2.45, 2.75) is 12.5 Å². The molecule has 60 valence electrons. The van der Waals surface area contributed by atoms with Gasteiger partial charge in [0.15, 0.2) is 5.11 Å². The zero-order chi connectivity index (χ0) is 8.43. The van der Waals surface area contributed by atoms with Crippen LogP contribution in [0.1, 0.15) is 6.42 Å². The van der Waals surface area contributed by atoms with Gasteiger partial charge in [-0.1, -0.05) is 5.92 Å². The number of rotatable bonds is 0. The van der Waals surface area contributed by atoms with E-state index < -0.39 is 0 Å². The monoisotopic (exact) mass is 168 g/mol. The summed E-state index contributed by atoms with van der Waals surface area (Å²) >= 11 is 5.15. The van der Waals surface area contributed by atoms with Gasteiger partial charge < -0.3 is 9.80 Å². The molecule has 0 radical (unpaired) electrons. The van der Waals surface area contributed by atoms with Gasteiger partial charge in [0.1, 0.15) is 0 Å². The third kappa shape index (κ3) is 1.46. The van der Waals surface area contributed by atoms with Crippen molar-refractivity contribution in [2.24, 2.45) is 0 Å². The van der Waals surface area contributed by atoms with E-state index in [-0.39, 0.29) is 6.04 Å². The first kappa shape index (κ1) is 8.35. The van der Waals surface area contributed by atoms with Crippen molar-refractivity contribution >= 4 is 17.3 Å². The molecule has 3 heteroatoms. The van der Waals surface area contributed by atoms with Crippen LogP contribution in [0.25, 0.3) is 0 Å². The number of terminal acetylenes is 1. The van der Waals surface area contributed by atoms with E-state index in [4.69, 9.17) is 18.6 Å². The molecule has 1 rings (SSSR count). The molecule has 0 bridgehead atoms. The zero-order valence-electron chi connectivity index (χ0n) is 6.87. The lowest BCUT2D eigenvalue weighted by Gasteiger charge is -2.37. The molecule has 0 aromatic heterocycles. The first-order valence-corrected chi connectivity index (χ1v) is 4.01. The average Bonchev–Trinajstić information content (AvgIpc) is 2.01. The van der Waals surface area contributed by atoms with Gasteiger partial charge in [-0.2, -0.15) is 0 Å². The molecule has 0 amide bonds. The van der Waals surface area contributed by atoms with E-state index in [1.807, 2.05) is 23.9 Å². The van der Waals surface area contributed by atoms with E-state index in [0.717, 1.165) is 18.1 Å². The highest BCUT2D eigenvalue weighted by atomic mass is 32.1. The molecule has 0 aromatic rings. The zero-order valence-corrected chi connectivity index (χ0v) is 7.69. The van der Waals surface area contributed by atoms with Crippen LogP contribution in [-0.4, -0.2) is 41.6 Å². The van der Waals surface area contributed by atoms with Crippen LogP contribution in [0, 0.1) is 12.3 Å². The van der Waals surface area contributed by atoms with E-state index in [9.17, 15) is 0 Å². The molecule has 1 fully saturated rings. The lowest BCUT2D eigenvalue weighted by molar-refractivity contribution is 0.288. The molecule has 2 nitrogen and oxygen atoms in total. The Morgan fingerprint density at radius 1 is 1.64 bits per heavy atom. The Morgan fingerprint density at radius 2 is 2.27 bits per heavy atom. The van der Waals surface area contributed by atoms with Crippen LogP contribution in [0.5, 0.6) is 0 Å². The number of nitrogens with zero attached hydrogens (tertiary/aromatic N) is 2. The number of thiocarbonyl (C=S) groups is 1. The van der Waals surface area contributed by atoms with E-state index in [1.54, 1.807) is 0 Å². The van der Waals surface area contributed by atoms with Crippen molar-refractivity contribution in [1.29, 1.82) is 0 Å². The number of hydrogen-bond donors (Lipinski definition) is 0. The second kappa shape index (κ2) is 3.10. The fourth-order valence-corrected chi connectivity index (χ4v) is 1.42. The molecule has 11 heavy (non-hydrogen) atoms. The fraction of sp³-hybridized carbons (Fsp3) is 0.625. The van der Waals surface area contributed by atoms with Gasteiger partial charge >= 0.3 is 0 Å². The average molecular weight is 168 g/mol. The maximum Gasteiger partial charge on any atom is 0.172 e. The van der Waals surface area contributed by atoms with Gasteiger partial charge in [0.2, 0.25) is 0 Å². The summed E-state index contributed by atoms with van der Waals surface area (Å²) in [7, 11) is 3.94. The second-order valence-electron chi connectivity index (χ2n) is 2.79. The number of hydrogen-bond acceptors (Lipinski definition) is 1. The van der Waals surface area contributed by atoms with E-state index >= 15 is 0 Å². The smallest absolute Gasteiger partial charge is 0.172 e. The summed E-state index contributed by atoms with van der Waals surface area (Å²) in [6.45, 7) is 0.970. The van der Waals surface area contributed by atoms with Crippen molar-refractivity contribution in [3.05, 3.63) is 0 Å². The van der Waals surface area contributed by atoms with Gasteiger partial charge in [-0.05, 0) is 18.6 Å². The minimum atomic E-state index is 0.193. The Kier molecular flexibility index (Phi) is 2.35. The van der Waals surface area contributed by atoms with Gasteiger partial charge in [-0.15, -0.1) is 6.42 Å². The Morgan fingerprint density at radius 3 is 2.82 bits per heavy atom. The molecule has 1 saturated heterocycles. The van der Waals surface area contributed by atoms with Crippen molar-refractivity contribution in [2.75, 3.05) is 20.6 Å².